The van der Waals surface area contributed by atoms with Crippen molar-refractivity contribution >= 4 is 28.5 Å². The van der Waals surface area contributed by atoms with Gasteiger partial charge in [-0.1, -0.05) is 32.0 Å². The van der Waals surface area contributed by atoms with Crippen LogP contribution in [-0.2, 0) is 9.59 Å². The summed E-state index contributed by atoms with van der Waals surface area (Å²) in [6.45, 7) is 3.68. The molecule has 1 aromatic heterocycles. The summed E-state index contributed by atoms with van der Waals surface area (Å²) in [5.41, 5.74) is 1.39. The third kappa shape index (κ3) is 3.42. The van der Waals surface area contributed by atoms with Gasteiger partial charge in [0.1, 0.15) is 0 Å². The van der Waals surface area contributed by atoms with Crippen molar-refractivity contribution in [1.82, 2.24) is 4.98 Å². The number of aliphatic carboxylic acids is 1. The van der Waals surface area contributed by atoms with Crippen LogP contribution in [0, 0.1) is 5.92 Å². The van der Waals surface area contributed by atoms with Gasteiger partial charge in [0, 0.05) is 24.5 Å². The Morgan fingerprint density at radius 3 is 2.68 bits per heavy atom. The lowest BCUT2D eigenvalue weighted by Crippen LogP contribution is -2.37. The zero-order valence-corrected chi connectivity index (χ0v) is 12.8. The maximum absolute atomic E-state index is 12.5. The first kappa shape index (κ1) is 15.9. The van der Waals surface area contributed by atoms with E-state index in [1.807, 2.05) is 37.3 Å². The Morgan fingerprint density at radius 1 is 1.27 bits per heavy atom. The number of fused-ring (bicyclic) bond motifs is 1. The van der Waals surface area contributed by atoms with Gasteiger partial charge in [0.15, 0.2) is 0 Å². The number of benzene rings is 1. The van der Waals surface area contributed by atoms with Crippen LogP contribution in [0.25, 0.3) is 10.9 Å². The van der Waals surface area contributed by atoms with Crippen molar-refractivity contribution in [1.29, 1.82) is 0 Å². The molecule has 2 rings (SSSR count). The van der Waals surface area contributed by atoms with Crippen molar-refractivity contribution in [3.63, 3.8) is 0 Å². The van der Waals surface area contributed by atoms with Gasteiger partial charge in [0.25, 0.3) is 0 Å². The highest BCUT2D eigenvalue weighted by Crippen LogP contribution is 2.26. The summed E-state index contributed by atoms with van der Waals surface area (Å²) in [4.78, 5) is 29.5. The quantitative estimate of drug-likeness (QED) is 0.890. The van der Waals surface area contributed by atoms with Crippen LogP contribution < -0.4 is 4.90 Å². The molecule has 0 aliphatic rings. The van der Waals surface area contributed by atoms with Crippen LogP contribution in [0.4, 0.5) is 5.69 Å². The molecule has 0 bridgehead atoms. The first-order valence-electron chi connectivity index (χ1n) is 7.41. The van der Waals surface area contributed by atoms with Crippen molar-refractivity contribution in [2.24, 2.45) is 5.92 Å². The van der Waals surface area contributed by atoms with E-state index in [-0.39, 0.29) is 12.5 Å². The number of carboxylic acid groups (broad SMARTS) is 1. The molecule has 0 aliphatic heterocycles. The van der Waals surface area contributed by atoms with Crippen LogP contribution in [0.3, 0.4) is 0 Å². The van der Waals surface area contributed by atoms with Crippen molar-refractivity contribution in [3.05, 3.63) is 36.5 Å². The summed E-state index contributed by atoms with van der Waals surface area (Å²) in [6.07, 6.45) is 2.78. The van der Waals surface area contributed by atoms with Crippen LogP contribution in [-0.4, -0.2) is 28.5 Å². The molecule has 1 unspecified atom stereocenters. The fourth-order valence-corrected chi connectivity index (χ4v) is 2.34. The van der Waals surface area contributed by atoms with Gasteiger partial charge in [-0.2, -0.15) is 0 Å². The standard InChI is InChI=1S/C17H20N2O3/c1-3-6-15(20)19(11-12(2)17(21)22)14-9-4-7-13-8-5-10-18-16(13)14/h4-5,7-10,12H,3,6,11H2,1-2H3,(H,21,22). The second-order valence-corrected chi connectivity index (χ2v) is 5.35. The fourth-order valence-electron chi connectivity index (χ4n) is 2.34. The highest BCUT2D eigenvalue weighted by Gasteiger charge is 2.23. The van der Waals surface area contributed by atoms with Crippen LogP contribution in [0.2, 0.25) is 0 Å². The number of aromatic nitrogens is 1. The van der Waals surface area contributed by atoms with Gasteiger partial charge < -0.3 is 10.0 Å². The second-order valence-electron chi connectivity index (χ2n) is 5.35. The molecule has 0 fully saturated rings. The Morgan fingerprint density at radius 2 is 2.00 bits per heavy atom. The van der Waals surface area contributed by atoms with E-state index in [0.717, 1.165) is 11.8 Å². The average Bonchev–Trinajstić information content (AvgIpc) is 2.52. The molecule has 1 N–H and O–H groups in total. The molecule has 0 aliphatic carbocycles. The van der Waals surface area contributed by atoms with E-state index < -0.39 is 11.9 Å². The summed E-state index contributed by atoms with van der Waals surface area (Å²) < 4.78 is 0. The van der Waals surface area contributed by atoms with E-state index in [0.29, 0.717) is 17.6 Å². The lowest BCUT2D eigenvalue weighted by molar-refractivity contribution is -0.140. The minimum atomic E-state index is -0.914. The minimum absolute atomic E-state index is 0.0752. The summed E-state index contributed by atoms with van der Waals surface area (Å²) in [5, 5.41) is 10.1. The van der Waals surface area contributed by atoms with Gasteiger partial charge >= 0.3 is 5.97 Å². The molecule has 0 spiro atoms. The lowest BCUT2D eigenvalue weighted by atomic mass is 10.1. The molecule has 5 nitrogen and oxygen atoms in total. The van der Waals surface area contributed by atoms with Crippen LogP contribution >= 0.6 is 0 Å². The van der Waals surface area contributed by atoms with E-state index in [1.165, 1.54) is 0 Å². The van der Waals surface area contributed by atoms with E-state index in [4.69, 9.17) is 5.11 Å². The number of carbonyl (C=O) groups is 2. The predicted molar refractivity (Wildman–Crippen MR) is 85.8 cm³/mol. The van der Waals surface area contributed by atoms with E-state index >= 15 is 0 Å². The van der Waals surface area contributed by atoms with Gasteiger partial charge in [0.2, 0.25) is 5.91 Å². The maximum atomic E-state index is 12.5. The predicted octanol–water partition coefficient (Wildman–Crippen LogP) is 3.09. The molecule has 2 aromatic rings. The third-order valence-electron chi connectivity index (χ3n) is 3.55. The number of rotatable bonds is 6. The van der Waals surface area contributed by atoms with Crippen LogP contribution in [0.15, 0.2) is 36.5 Å². The maximum Gasteiger partial charge on any atom is 0.308 e. The molecule has 1 aromatic carbocycles. The normalized spacial score (nSPS) is 12.1. The number of carboxylic acids is 1. The van der Waals surface area contributed by atoms with Crippen molar-refractivity contribution in [3.8, 4) is 0 Å². The Bertz CT molecular complexity index is 679. The number of hydrogen-bond donors (Lipinski definition) is 1. The minimum Gasteiger partial charge on any atom is -0.481 e. The van der Waals surface area contributed by atoms with E-state index in [9.17, 15) is 9.59 Å². The molecular weight excluding hydrogens is 280 g/mol. The van der Waals surface area contributed by atoms with Gasteiger partial charge in [-0.3, -0.25) is 14.6 Å². The number of pyridine rings is 1. The molecule has 1 amide bonds. The van der Waals surface area contributed by atoms with Gasteiger partial charge in [-0.15, -0.1) is 0 Å². The Labute approximate surface area is 129 Å². The summed E-state index contributed by atoms with van der Waals surface area (Å²) in [6, 6.07) is 9.36. The summed E-state index contributed by atoms with van der Waals surface area (Å²) in [7, 11) is 0. The average molecular weight is 300 g/mol. The first-order chi connectivity index (χ1) is 10.5. The zero-order chi connectivity index (χ0) is 16.1. The Hall–Kier alpha value is -2.43. The second kappa shape index (κ2) is 7.02. The number of hydrogen-bond acceptors (Lipinski definition) is 3. The van der Waals surface area contributed by atoms with Crippen LogP contribution in [0.5, 0.6) is 0 Å². The van der Waals surface area contributed by atoms with E-state index in [2.05, 4.69) is 4.98 Å². The lowest BCUT2D eigenvalue weighted by Gasteiger charge is -2.25. The highest BCUT2D eigenvalue weighted by molar-refractivity contribution is 6.02. The van der Waals surface area contributed by atoms with Crippen molar-refractivity contribution in [2.45, 2.75) is 26.7 Å². The molecule has 116 valence electrons. The van der Waals surface area contributed by atoms with Crippen molar-refractivity contribution in [2.75, 3.05) is 11.4 Å². The first-order valence-corrected chi connectivity index (χ1v) is 7.41. The number of amides is 1. The summed E-state index contributed by atoms with van der Waals surface area (Å²) in [5.74, 6) is -1.63. The van der Waals surface area contributed by atoms with Crippen molar-refractivity contribution < 1.29 is 14.7 Å². The van der Waals surface area contributed by atoms with E-state index in [1.54, 1.807) is 18.0 Å². The molecule has 1 heterocycles. The smallest absolute Gasteiger partial charge is 0.308 e. The SMILES string of the molecule is CCCC(=O)N(CC(C)C(=O)O)c1cccc2cccnc12. The largest absolute Gasteiger partial charge is 0.481 e. The third-order valence-corrected chi connectivity index (χ3v) is 3.55. The Kier molecular flexibility index (Phi) is 5.09. The summed E-state index contributed by atoms with van der Waals surface area (Å²) >= 11 is 0. The van der Waals surface area contributed by atoms with Gasteiger partial charge in [-0.25, -0.2) is 0 Å². The Balaban J connectivity index is 2.46. The molecule has 0 saturated heterocycles. The zero-order valence-electron chi connectivity index (χ0n) is 12.8. The number of nitrogens with zero attached hydrogens (tertiary/aromatic N) is 2. The molecule has 22 heavy (non-hydrogen) atoms. The molecule has 5 heteroatoms. The molecule has 0 saturated carbocycles. The molecule has 1 atom stereocenters. The molecular formula is C17H20N2O3. The topological polar surface area (TPSA) is 70.5 Å². The highest BCUT2D eigenvalue weighted by atomic mass is 16.4. The fraction of sp³-hybridized carbons (Fsp3) is 0.353. The monoisotopic (exact) mass is 300 g/mol. The number of para-hydroxylation sites is 1. The molecule has 0 radical (unpaired) electrons. The number of anilines is 1. The van der Waals surface area contributed by atoms with Crippen LogP contribution in [0.1, 0.15) is 26.7 Å². The number of carbonyl (C=O) groups excluding carboxylic acids is 1. The van der Waals surface area contributed by atoms with Gasteiger partial charge in [0.05, 0.1) is 17.1 Å². The van der Waals surface area contributed by atoms with Gasteiger partial charge in [-0.05, 0) is 18.6 Å².